The van der Waals surface area contributed by atoms with Crippen molar-refractivity contribution >= 4 is 25.0 Å². The molecular formula is C26H50O3Si3. The third kappa shape index (κ3) is 5.29. The molecule has 0 spiro atoms. The molecule has 6 heteroatoms. The Bertz CT molecular complexity index is 824. The molecule has 2 atom stereocenters. The summed E-state index contributed by atoms with van der Waals surface area (Å²) in [6, 6.07) is 6.49. The van der Waals surface area contributed by atoms with Crippen LogP contribution in [0.25, 0.3) is 0 Å². The molecule has 0 bridgehead atoms. The zero-order valence-corrected chi connectivity index (χ0v) is 26.6. The number of hydrogen-bond donors (Lipinski definition) is 0. The average molecular weight is 495 g/mol. The van der Waals surface area contributed by atoms with Crippen molar-refractivity contribution in [1.82, 2.24) is 0 Å². The van der Waals surface area contributed by atoms with Gasteiger partial charge in [-0.3, -0.25) is 0 Å². The topological polar surface area (TPSA) is 27.7 Å². The molecule has 3 nitrogen and oxygen atoms in total. The van der Waals surface area contributed by atoms with E-state index in [1.54, 1.807) is 0 Å². The lowest BCUT2D eigenvalue weighted by molar-refractivity contribution is 0.00260. The molecule has 1 aromatic rings. The van der Waals surface area contributed by atoms with Crippen LogP contribution in [0.15, 0.2) is 18.2 Å². The smallest absolute Gasteiger partial charge is 0.250 e. The number of fused-ring (bicyclic) bond motifs is 1. The van der Waals surface area contributed by atoms with Gasteiger partial charge in [0, 0.05) is 5.56 Å². The second-order valence-electron chi connectivity index (χ2n) is 14.2. The highest BCUT2D eigenvalue weighted by Gasteiger charge is 2.52. The largest absolute Gasteiger partial charge is 0.543 e. The van der Waals surface area contributed by atoms with E-state index < -0.39 is 25.0 Å². The van der Waals surface area contributed by atoms with Gasteiger partial charge < -0.3 is 13.3 Å². The SMILES string of the molecule is CC(C)(C)[Si](C)(C)Oc1cccc2c1[C@@H](O[Si](C)(C)C(C)(C)C)[C@@H]2O[Si](C)(C)C(C)(C)C. The Morgan fingerprint density at radius 2 is 1.00 bits per heavy atom. The first-order chi connectivity index (χ1) is 14.0. The van der Waals surface area contributed by atoms with Crippen LogP contribution in [0.5, 0.6) is 5.75 Å². The molecule has 184 valence electrons. The minimum Gasteiger partial charge on any atom is -0.543 e. The molecule has 1 aliphatic rings. The maximum atomic E-state index is 7.05. The fourth-order valence-electron chi connectivity index (χ4n) is 3.08. The van der Waals surface area contributed by atoms with Crippen LogP contribution in [0, 0.1) is 0 Å². The molecule has 0 heterocycles. The summed E-state index contributed by atoms with van der Waals surface area (Å²) in [6.45, 7) is 34.7. The molecule has 0 N–H and O–H groups in total. The monoisotopic (exact) mass is 494 g/mol. The summed E-state index contributed by atoms with van der Waals surface area (Å²) < 4.78 is 20.9. The van der Waals surface area contributed by atoms with Gasteiger partial charge in [0.05, 0.1) is 0 Å². The quantitative estimate of drug-likeness (QED) is 0.369. The first kappa shape index (κ1) is 27.8. The summed E-state index contributed by atoms with van der Waals surface area (Å²) in [4.78, 5) is 0. The minimum absolute atomic E-state index is 0.0111. The first-order valence-corrected chi connectivity index (χ1v) is 20.9. The fraction of sp³-hybridized carbons (Fsp3) is 0.769. The highest BCUT2D eigenvalue weighted by atomic mass is 28.4. The number of rotatable bonds is 6. The highest BCUT2D eigenvalue weighted by Crippen LogP contribution is 2.58. The van der Waals surface area contributed by atoms with E-state index in [-0.39, 0.29) is 27.3 Å². The Morgan fingerprint density at radius 1 is 0.594 bits per heavy atom. The van der Waals surface area contributed by atoms with Gasteiger partial charge in [-0.1, -0.05) is 74.4 Å². The van der Waals surface area contributed by atoms with E-state index in [0.717, 1.165) is 5.75 Å². The Kier molecular flexibility index (Phi) is 7.27. The lowest BCUT2D eigenvalue weighted by Crippen LogP contribution is -2.50. The molecule has 1 aromatic carbocycles. The summed E-state index contributed by atoms with van der Waals surface area (Å²) in [7, 11) is -5.92. The lowest BCUT2D eigenvalue weighted by Gasteiger charge is -2.51. The Labute approximate surface area is 202 Å². The molecule has 2 rings (SSSR count). The van der Waals surface area contributed by atoms with Crippen molar-refractivity contribution in [2.75, 3.05) is 0 Å². The standard InChI is InChI=1S/C26H50O3Si3/c1-24(2,3)30(10,11)27-20-18-16-17-19-21(20)23(29-32(14,15)26(7,8)9)22(19)28-31(12,13)25(4,5)6/h16-18,22-23H,1-15H3/t22-,23-/m1/s1. The van der Waals surface area contributed by atoms with Gasteiger partial charge >= 0.3 is 0 Å². The molecule has 0 amide bonds. The van der Waals surface area contributed by atoms with Gasteiger partial charge in [0.1, 0.15) is 18.0 Å². The molecule has 0 fully saturated rings. The van der Waals surface area contributed by atoms with Crippen LogP contribution in [0.3, 0.4) is 0 Å². The predicted molar refractivity (Wildman–Crippen MR) is 146 cm³/mol. The fourth-order valence-corrected chi connectivity index (χ4v) is 6.59. The van der Waals surface area contributed by atoms with Crippen molar-refractivity contribution in [3.05, 3.63) is 29.3 Å². The molecule has 0 radical (unpaired) electrons. The predicted octanol–water partition coefficient (Wildman–Crippen LogP) is 9.21. The third-order valence-corrected chi connectivity index (χ3v) is 21.8. The summed E-state index contributed by atoms with van der Waals surface area (Å²) >= 11 is 0. The Hall–Kier alpha value is -0.409. The minimum atomic E-state index is -2.00. The van der Waals surface area contributed by atoms with Crippen LogP contribution in [0.1, 0.15) is 85.6 Å². The average Bonchev–Trinajstić information content (AvgIpc) is 2.54. The van der Waals surface area contributed by atoms with Gasteiger partial charge in [-0.25, -0.2) is 0 Å². The van der Waals surface area contributed by atoms with E-state index in [0.29, 0.717) is 0 Å². The van der Waals surface area contributed by atoms with Crippen LogP contribution in [0.4, 0.5) is 0 Å². The Balaban J connectivity index is 2.54. The van der Waals surface area contributed by atoms with E-state index in [2.05, 4.69) is 120 Å². The van der Waals surface area contributed by atoms with Crippen molar-refractivity contribution < 1.29 is 13.3 Å². The van der Waals surface area contributed by atoms with Gasteiger partial charge in [-0.15, -0.1) is 0 Å². The normalized spacial score (nSPS) is 20.6. The highest BCUT2D eigenvalue weighted by molar-refractivity contribution is 6.75. The van der Waals surface area contributed by atoms with Crippen LogP contribution >= 0.6 is 0 Å². The van der Waals surface area contributed by atoms with Crippen molar-refractivity contribution in [3.8, 4) is 5.75 Å². The maximum Gasteiger partial charge on any atom is 0.250 e. The lowest BCUT2D eigenvalue weighted by atomic mass is 9.82. The van der Waals surface area contributed by atoms with Crippen LogP contribution in [0.2, 0.25) is 54.4 Å². The van der Waals surface area contributed by atoms with Crippen molar-refractivity contribution in [1.29, 1.82) is 0 Å². The van der Waals surface area contributed by atoms with Gasteiger partial charge in [-0.2, -0.15) is 0 Å². The second kappa shape index (κ2) is 8.36. The second-order valence-corrected chi connectivity index (χ2v) is 28.5. The van der Waals surface area contributed by atoms with Gasteiger partial charge in [0.25, 0.3) is 0 Å². The van der Waals surface area contributed by atoms with E-state index in [9.17, 15) is 0 Å². The van der Waals surface area contributed by atoms with Crippen LogP contribution in [-0.2, 0) is 8.85 Å². The number of benzene rings is 1. The van der Waals surface area contributed by atoms with Crippen LogP contribution in [-0.4, -0.2) is 25.0 Å². The number of hydrogen-bond acceptors (Lipinski definition) is 3. The third-order valence-electron chi connectivity index (χ3n) is 8.59. The molecule has 0 aromatic heterocycles. The van der Waals surface area contributed by atoms with Crippen LogP contribution < -0.4 is 4.43 Å². The maximum absolute atomic E-state index is 7.05. The van der Waals surface area contributed by atoms with Crippen molar-refractivity contribution in [2.24, 2.45) is 0 Å². The zero-order valence-electron chi connectivity index (χ0n) is 23.6. The molecule has 0 saturated heterocycles. The van der Waals surface area contributed by atoms with Gasteiger partial charge in [-0.05, 0) is 66.0 Å². The van der Waals surface area contributed by atoms with Gasteiger partial charge in [0.2, 0.25) is 8.32 Å². The van der Waals surface area contributed by atoms with E-state index in [1.165, 1.54) is 11.1 Å². The molecule has 1 aliphatic carbocycles. The van der Waals surface area contributed by atoms with E-state index in [1.807, 2.05) is 0 Å². The van der Waals surface area contributed by atoms with Crippen molar-refractivity contribution in [2.45, 2.75) is 129 Å². The molecular weight excluding hydrogens is 445 g/mol. The first-order valence-electron chi connectivity index (χ1n) is 12.2. The molecule has 32 heavy (non-hydrogen) atoms. The molecule has 0 aliphatic heterocycles. The molecule has 0 unspecified atom stereocenters. The summed E-state index contributed by atoms with van der Waals surface area (Å²) in [5.74, 6) is 1.01. The van der Waals surface area contributed by atoms with Crippen molar-refractivity contribution in [3.63, 3.8) is 0 Å². The van der Waals surface area contributed by atoms with E-state index in [4.69, 9.17) is 13.3 Å². The summed E-state index contributed by atoms with van der Waals surface area (Å²) in [5.41, 5.74) is 2.49. The summed E-state index contributed by atoms with van der Waals surface area (Å²) in [5, 5.41) is 0.436. The molecule has 0 saturated carbocycles. The van der Waals surface area contributed by atoms with E-state index >= 15 is 0 Å². The summed E-state index contributed by atoms with van der Waals surface area (Å²) in [6.07, 6.45) is -0.0658. The Morgan fingerprint density at radius 3 is 1.41 bits per heavy atom. The van der Waals surface area contributed by atoms with Gasteiger partial charge in [0.15, 0.2) is 16.6 Å². The zero-order chi connectivity index (χ0) is 25.1.